The van der Waals surface area contributed by atoms with E-state index in [4.69, 9.17) is 4.74 Å². The van der Waals surface area contributed by atoms with Gasteiger partial charge in [-0.05, 0) is 30.7 Å². The van der Waals surface area contributed by atoms with Gasteiger partial charge in [-0.1, -0.05) is 38.0 Å². The minimum atomic E-state index is -4.57. The molecular weight excluding hydrogens is 461 g/mol. The van der Waals surface area contributed by atoms with Crippen LogP contribution >= 0.6 is 0 Å². The monoisotopic (exact) mass is 488 g/mol. The molecule has 1 amide bonds. The van der Waals surface area contributed by atoms with Crippen LogP contribution in [0.4, 0.5) is 24.5 Å². The lowest BCUT2D eigenvalue weighted by Gasteiger charge is -2.31. The molecule has 0 unspecified atom stereocenters. The summed E-state index contributed by atoms with van der Waals surface area (Å²) in [6.45, 7) is 4.22. The van der Waals surface area contributed by atoms with Crippen LogP contribution in [0.3, 0.4) is 0 Å². The molecule has 10 heteroatoms. The van der Waals surface area contributed by atoms with Crippen molar-refractivity contribution in [3.63, 3.8) is 0 Å². The zero-order valence-corrected chi connectivity index (χ0v) is 19.4. The number of carbonyl (C=O) groups is 1. The smallest absolute Gasteiger partial charge is 0.378 e. The second-order valence-corrected chi connectivity index (χ2v) is 8.41. The van der Waals surface area contributed by atoms with Crippen molar-refractivity contribution in [1.82, 2.24) is 9.78 Å². The Kier molecular flexibility index (Phi) is 7.39. The maximum absolute atomic E-state index is 13.5. The SMILES string of the molecule is CCCCCn1nc(C(=O)Nc2cc(C(F)(F)F)ccc2N2CCOCC2)c2ccccc2c1=O. The molecule has 1 aliphatic heterocycles. The molecule has 2 heterocycles. The van der Waals surface area contributed by atoms with Gasteiger partial charge in [0.15, 0.2) is 5.69 Å². The number of aryl methyl sites for hydroxylation is 1. The van der Waals surface area contributed by atoms with Gasteiger partial charge in [0.2, 0.25) is 0 Å². The number of carbonyl (C=O) groups excluding carboxylic acids is 1. The summed E-state index contributed by atoms with van der Waals surface area (Å²) in [7, 11) is 0. The molecule has 1 aromatic heterocycles. The van der Waals surface area contributed by atoms with E-state index in [2.05, 4.69) is 10.4 Å². The summed E-state index contributed by atoms with van der Waals surface area (Å²) in [6.07, 6.45) is -2.00. The highest BCUT2D eigenvalue weighted by Gasteiger charge is 2.32. The average molecular weight is 489 g/mol. The molecule has 7 nitrogen and oxygen atoms in total. The first kappa shape index (κ1) is 24.7. The molecular formula is C25H27F3N4O3. The molecule has 0 radical (unpaired) electrons. The maximum Gasteiger partial charge on any atom is 0.416 e. The van der Waals surface area contributed by atoms with Crippen molar-refractivity contribution < 1.29 is 22.7 Å². The highest BCUT2D eigenvalue weighted by molar-refractivity contribution is 6.12. The number of rotatable bonds is 7. The summed E-state index contributed by atoms with van der Waals surface area (Å²) in [5.41, 5.74) is -0.688. The lowest BCUT2D eigenvalue weighted by molar-refractivity contribution is -0.137. The molecule has 2 aromatic carbocycles. The first-order chi connectivity index (χ1) is 16.8. The predicted molar refractivity (Wildman–Crippen MR) is 128 cm³/mol. The fraction of sp³-hybridized carbons (Fsp3) is 0.400. The summed E-state index contributed by atoms with van der Waals surface area (Å²) in [5, 5.41) is 7.64. The van der Waals surface area contributed by atoms with Gasteiger partial charge in [-0.2, -0.15) is 18.3 Å². The van der Waals surface area contributed by atoms with Crippen molar-refractivity contribution in [2.45, 2.75) is 38.9 Å². The number of unbranched alkanes of at least 4 members (excludes halogenated alkanes) is 2. The van der Waals surface area contributed by atoms with E-state index >= 15 is 0 Å². The number of benzene rings is 2. The van der Waals surface area contributed by atoms with Crippen LogP contribution in [0.1, 0.15) is 42.2 Å². The normalized spacial score (nSPS) is 14.3. The first-order valence-corrected chi connectivity index (χ1v) is 11.6. The summed E-state index contributed by atoms with van der Waals surface area (Å²) >= 11 is 0. The summed E-state index contributed by atoms with van der Waals surface area (Å²) in [5.74, 6) is -0.681. The molecule has 186 valence electrons. The second-order valence-electron chi connectivity index (χ2n) is 8.41. The summed E-state index contributed by atoms with van der Waals surface area (Å²) in [4.78, 5) is 28.2. The minimum absolute atomic E-state index is 0.0120. The number of hydrogen-bond donors (Lipinski definition) is 1. The molecule has 35 heavy (non-hydrogen) atoms. The Labute approximate surface area is 200 Å². The Morgan fingerprint density at radius 3 is 2.49 bits per heavy atom. The number of amides is 1. The molecule has 1 saturated heterocycles. The third-order valence-electron chi connectivity index (χ3n) is 5.98. The molecule has 0 bridgehead atoms. The number of nitrogens with one attached hydrogen (secondary N) is 1. The van der Waals surface area contributed by atoms with Crippen molar-refractivity contribution in [1.29, 1.82) is 0 Å². The summed E-state index contributed by atoms with van der Waals surface area (Å²) < 4.78 is 47.0. The number of alkyl halides is 3. The number of anilines is 2. The van der Waals surface area contributed by atoms with Gasteiger partial charge in [0, 0.05) is 25.0 Å². The van der Waals surface area contributed by atoms with Crippen molar-refractivity contribution in [3.8, 4) is 0 Å². The second kappa shape index (κ2) is 10.5. The largest absolute Gasteiger partial charge is 0.416 e. The van der Waals surface area contributed by atoms with Gasteiger partial charge in [0.05, 0.1) is 35.5 Å². The molecule has 0 aliphatic carbocycles. The lowest BCUT2D eigenvalue weighted by Crippen LogP contribution is -2.37. The molecule has 4 rings (SSSR count). The number of aromatic nitrogens is 2. The third kappa shape index (κ3) is 5.48. The fourth-order valence-electron chi connectivity index (χ4n) is 4.14. The van der Waals surface area contributed by atoms with Crippen LogP contribution < -0.4 is 15.8 Å². The number of morpholine rings is 1. The van der Waals surface area contributed by atoms with E-state index in [0.29, 0.717) is 49.3 Å². The Hall–Kier alpha value is -3.40. The van der Waals surface area contributed by atoms with E-state index in [1.165, 1.54) is 10.7 Å². The van der Waals surface area contributed by atoms with Crippen LogP contribution in [0.15, 0.2) is 47.3 Å². The van der Waals surface area contributed by atoms with E-state index < -0.39 is 17.6 Å². The Morgan fingerprint density at radius 1 is 1.09 bits per heavy atom. The van der Waals surface area contributed by atoms with Crippen LogP contribution in [0.2, 0.25) is 0 Å². The number of nitrogens with zero attached hydrogens (tertiary/aromatic N) is 3. The number of halogens is 3. The van der Waals surface area contributed by atoms with Crippen LogP contribution in [0.25, 0.3) is 10.8 Å². The zero-order valence-electron chi connectivity index (χ0n) is 19.4. The average Bonchev–Trinajstić information content (AvgIpc) is 2.85. The van der Waals surface area contributed by atoms with Crippen molar-refractivity contribution in [2.75, 3.05) is 36.5 Å². The third-order valence-corrected chi connectivity index (χ3v) is 5.98. The van der Waals surface area contributed by atoms with Gasteiger partial charge < -0.3 is 15.0 Å². The zero-order chi connectivity index (χ0) is 25.0. The van der Waals surface area contributed by atoms with Gasteiger partial charge >= 0.3 is 6.18 Å². The highest BCUT2D eigenvalue weighted by atomic mass is 19.4. The molecule has 0 spiro atoms. The lowest BCUT2D eigenvalue weighted by atomic mass is 10.1. The van der Waals surface area contributed by atoms with E-state index in [0.717, 1.165) is 31.4 Å². The van der Waals surface area contributed by atoms with Crippen LogP contribution in [-0.4, -0.2) is 42.0 Å². The first-order valence-electron chi connectivity index (χ1n) is 11.6. The van der Waals surface area contributed by atoms with Gasteiger partial charge in [0.1, 0.15) is 0 Å². The van der Waals surface area contributed by atoms with Crippen LogP contribution in [0, 0.1) is 0 Å². The van der Waals surface area contributed by atoms with E-state index in [9.17, 15) is 22.8 Å². The molecule has 0 atom stereocenters. The van der Waals surface area contributed by atoms with Gasteiger partial charge in [-0.3, -0.25) is 9.59 Å². The highest BCUT2D eigenvalue weighted by Crippen LogP contribution is 2.36. The van der Waals surface area contributed by atoms with Crippen molar-refractivity contribution in [3.05, 3.63) is 64.1 Å². The van der Waals surface area contributed by atoms with E-state index in [1.54, 1.807) is 24.3 Å². The Balaban J connectivity index is 1.75. The van der Waals surface area contributed by atoms with Gasteiger partial charge in [0.25, 0.3) is 11.5 Å². The molecule has 3 aromatic rings. The molecule has 1 aliphatic rings. The molecule has 1 N–H and O–H groups in total. The fourth-order valence-corrected chi connectivity index (χ4v) is 4.14. The Bertz CT molecular complexity index is 1270. The summed E-state index contributed by atoms with van der Waals surface area (Å²) in [6, 6.07) is 9.92. The number of fused-ring (bicyclic) bond motifs is 1. The standard InChI is InChI=1S/C25H27F3N4O3/c1-2-3-6-11-32-24(34)19-8-5-4-7-18(19)22(30-32)23(33)29-20-16-17(25(26,27)28)9-10-21(20)31-12-14-35-15-13-31/h4-5,7-10,16H,2-3,6,11-15H2,1H3,(H,29,33). The Morgan fingerprint density at radius 2 is 1.80 bits per heavy atom. The van der Waals surface area contributed by atoms with Crippen LogP contribution in [0.5, 0.6) is 0 Å². The molecule has 0 saturated carbocycles. The number of hydrogen-bond acceptors (Lipinski definition) is 5. The quantitative estimate of drug-likeness (QED) is 0.488. The van der Waals surface area contributed by atoms with Gasteiger partial charge in [-0.15, -0.1) is 0 Å². The maximum atomic E-state index is 13.5. The van der Waals surface area contributed by atoms with Crippen molar-refractivity contribution in [2.24, 2.45) is 0 Å². The van der Waals surface area contributed by atoms with E-state index in [-0.39, 0.29) is 16.9 Å². The van der Waals surface area contributed by atoms with Crippen LogP contribution in [-0.2, 0) is 17.5 Å². The minimum Gasteiger partial charge on any atom is -0.378 e. The predicted octanol–water partition coefficient (Wildman–Crippen LogP) is 4.69. The molecule has 1 fully saturated rings. The van der Waals surface area contributed by atoms with Gasteiger partial charge in [-0.25, -0.2) is 4.68 Å². The van der Waals surface area contributed by atoms with Crippen molar-refractivity contribution >= 4 is 28.1 Å². The number of ether oxygens (including phenoxy) is 1. The van der Waals surface area contributed by atoms with E-state index in [1.807, 2.05) is 11.8 Å². The topological polar surface area (TPSA) is 76.5 Å².